The van der Waals surface area contributed by atoms with E-state index in [1.54, 1.807) is 0 Å². The monoisotopic (exact) mass is 168 g/mol. The van der Waals surface area contributed by atoms with Crippen molar-refractivity contribution in [3.8, 4) is 6.07 Å². The zero-order valence-corrected chi connectivity index (χ0v) is 8.00. The minimum absolute atomic E-state index is 0.0525. The number of carbonyl (C=O) groups is 1. The molecular weight excluding hydrogens is 152 g/mol. The lowest BCUT2D eigenvalue weighted by Crippen LogP contribution is -2.36. The minimum Gasteiger partial charge on any atom is -0.298 e. The van der Waals surface area contributed by atoms with Gasteiger partial charge in [-0.2, -0.15) is 5.26 Å². The second kappa shape index (κ2) is 5.73. The molecule has 1 atom stereocenters. The van der Waals surface area contributed by atoms with Crippen LogP contribution in [0, 0.1) is 11.3 Å². The first-order valence-electron chi connectivity index (χ1n) is 4.23. The Morgan fingerprint density at radius 2 is 2.25 bits per heavy atom. The van der Waals surface area contributed by atoms with E-state index >= 15 is 0 Å². The summed E-state index contributed by atoms with van der Waals surface area (Å²) in [6.45, 7) is 4.41. The molecule has 0 aliphatic rings. The molecule has 0 heterocycles. The van der Waals surface area contributed by atoms with Gasteiger partial charge in [0, 0.05) is 19.4 Å². The van der Waals surface area contributed by atoms with E-state index in [9.17, 15) is 4.79 Å². The zero-order chi connectivity index (χ0) is 9.56. The molecule has 68 valence electrons. The number of nitriles is 1. The van der Waals surface area contributed by atoms with E-state index in [2.05, 4.69) is 6.07 Å². The Morgan fingerprint density at radius 3 is 2.67 bits per heavy atom. The predicted molar refractivity (Wildman–Crippen MR) is 47.6 cm³/mol. The molecular formula is C9H16N2O. The summed E-state index contributed by atoms with van der Waals surface area (Å²) >= 11 is 0. The fourth-order valence-corrected chi connectivity index (χ4v) is 0.961. The predicted octanol–water partition coefficient (Wildman–Crippen LogP) is 1.20. The van der Waals surface area contributed by atoms with Crippen molar-refractivity contribution in [3.63, 3.8) is 0 Å². The molecule has 0 aromatic rings. The van der Waals surface area contributed by atoms with Gasteiger partial charge in [0.05, 0.1) is 12.1 Å². The average molecular weight is 168 g/mol. The van der Waals surface area contributed by atoms with Gasteiger partial charge in [0.2, 0.25) is 0 Å². The van der Waals surface area contributed by atoms with E-state index in [1.165, 1.54) is 0 Å². The summed E-state index contributed by atoms with van der Waals surface area (Å²) in [4.78, 5) is 13.1. The van der Waals surface area contributed by atoms with Gasteiger partial charge in [0.1, 0.15) is 5.78 Å². The van der Waals surface area contributed by atoms with Gasteiger partial charge >= 0.3 is 0 Å². The number of carbonyl (C=O) groups excluding carboxylic acids is 1. The number of nitrogens with zero attached hydrogens (tertiary/aromatic N) is 2. The highest BCUT2D eigenvalue weighted by atomic mass is 16.1. The summed E-state index contributed by atoms with van der Waals surface area (Å²) in [5, 5.41) is 8.33. The van der Waals surface area contributed by atoms with E-state index in [0.29, 0.717) is 19.4 Å². The van der Waals surface area contributed by atoms with Crippen molar-refractivity contribution in [2.75, 3.05) is 13.6 Å². The lowest BCUT2D eigenvalue weighted by atomic mass is 10.1. The van der Waals surface area contributed by atoms with Gasteiger partial charge in [-0.1, -0.05) is 6.92 Å². The van der Waals surface area contributed by atoms with Crippen LogP contribution in [0.25, 0.3) is 0 Å². The molecule has 3 nitrogen and oxygen atoms in total. The topological polar surface area (TPSA) is 44.1 Å². The van der Waals surface area contributed by atoms with Gasteiger partial charge in [-0.15, -0.1) is 0 Å². The van der Waals surface area contributed by atoms with Crippen LogP contribution >= 0.6 is 0 Å². The van der Waals surface area contributed by atoms with Crippen LogP contribution < -0.4 is 0 Å². The number of hydrogen-bond acceptors (Lipinski definition) is 3. The number of ketones is 1. The van der Waals surface area contributed by atoms with Crippen molar-refractivity contribution >= 4 is 5.78 Å². The van der Waals surface area contributed by atoms with Crippen molar-refractivity contribution in [3.05, 3.63) is 0 Å². The molecule has 0 saturated heterocycles. The van der Waals surface area contributed by atoms with Crippen molar-refractivity contribution < 1.29 is 4.79 Å². The Labute approximate surface area is 74.0 Å². The molecule has 0 fully saturated rings. The van der Waals surface area contributed by atoms with E-state index in [0.717, 1.165) is 0 Å². The molecule has 0 bridgehead atoms. The third kappa shape index (κ3) is 3.49. The summed E-state index contributed by atoms with van der Waals surface area (Å²) in [5.41, 5.74) is 0. The highest BCUT2D eigenvalue weighted by molar-refractivity contribution is 5.83. The molecule has 0 aromatic carbocycles. The van der Waals surface area contributed by atoms with E-state index in [-0.39, 0.29) is 11.8 Å². The van der Waals surface area contributed by atoms with Crippen LogP contribution in [-0.4, -0.2) is 30.3 Å². The SMILES string of the molecule is CCC(=O)C(C)N(C)CCC#N. The van der Waals surface area contributed by atoms with E-state index in [1.807, 2.05) is 25.8 Å². The van der Waals surface area contributed by atoms with E-state index < -0.39 is 0 Å². The summed E-state index contributed by atoms with van der Waals surface area (Å²) in [7, 11) is 1.87. The molecule has 0 saturated carbocycles. The Bertz CT molecular complexity index is 183. The average Bonchev–Trinajstić information content (AvgIpc) is 2.11. The molecule has 0 aliphatic carbocycles. The van der Waals surface area contributed by atoms with Crippen LogP contribution in [0.15, 0.2) is 0 Å². The second-order valence-electron chi connectivity index (χ2n) is 2.88. The number of hydrogen-bond donors (Lipinski definition) is 0. The fourth-order valence-electron chi connectivity index (χ4n) is 0.961. The molecule has 12 heavy (non-hydrogen) atoms. The smallest absolute Gasteiger partial charge is 0.149 e. The van der Waals surface area contributed by atoms with Crippen LogP contribution in [0.3, 0.4) is 0 Å². The number of rotatable bonds is 5. The third-order valence-electron chi connectivity index (χ3n) is 2.05. The largest absolute Gasteiger partial charge is 0.298 e. The molecule has 0 N–H and O–H groups in total. The van der Waals surface area contributed by atoms with E-state index in [4.69, 9.17) is 5.26 Å². The summed E-state index contributed by atoms with van der Waals surface area (Å²) in [6.07, 6.45) is 1.05. The van der Waals surface area contributed by atoms with Gasteiger partial charge < -0.3 is 0 Å². The van der Waals surface area contributed by atoms with Gasteiger partial charge in [0.25, 0.3) is 0 Å². The lowest BCUT2D eigenvalue weighted by Gasteiger charge is -2.21. The normalized spacial score (nSPS) is 12.6. The maximum atomic E-state index is 11.2. The molecule has 0 rings (SSSR count). The molecule has 0 spiro atoms. The van der Waals surface area contributed by atoms with Gasteiger partial charge in [-0.25, -0.2) is 0 Å². The first kappa shape index (κ1) is 11.1. The summed E-state index contributed by atoms with van der Waals surface area (Å²) in [5.74, 6) is 0.232. The van der Waals surface area contributed by atoms with Gasteiger partial charge in [0.15, 0.2) is 0 Å². The van der Waals surface area contributed by atoms with Crippen LogP contribution in [0.2, 0.25) is 0 Å². The first-order valence-corrected chi connectivity index (χ1v) is 4.23. The molecule has 1 unspecified atom stereocenters. The molecule has 0 aromatic heterocycles. The van der Waals surface area contributed by atoms with Crippen LogP contribution in [-0.2, 0) is 4.79 Å². The van der Waals surface area contributed by atoms with Crippen molar-refractivity contribution in [2.45, 2.75) is 32.7 Å². The second-order valence-corrected chi connectivity index (χ2v) is 2.88. The maximum Gasteiger partial charge on any atom is 0.149 e. The fraction of sp³-hybridized carbons (Fsp3) is 0.778. The Hall–Kier alpha value is -0.880. The zero-order valence-electron chi connectivity index (χ0n) is 8.00. The lowest BCUT2D eigenvalue weighted by molar-refractivity contribution is -0.122. The van der Waals surface area contributed by atoms with Crippen molar-refractivity contribution in [1.82, 2.24) is 4.90 Å². The standard InChI is InChI=1S/C9H16N2O/c1-4-9(12)8(2)11(3)7-5-6-10/h8H,4-5,7H2,1-3H3. The minimum atomic E-state index is -0.0525. The Morgan fingerprint density at radius 1 is 1.67 bits per heavy atom. The quantitative estimate of drug-likeness (QED) is 0.619. The summed E-state index contributed by atoms with van der Waals surface area (Å²) < 4.78 is 0. The van der Waals surface area contributed by atoms with Gasteiger partial charge in [-0.05, 0) is 14.0 Å². The molecule has 0 amide bonds. The van der Waals surface area contributed by atoms with Crippen molar-refractivity contribution in [2.24, 2.45) is 0 Å². The van der Waals surface area contributed by atoms with Gasteiger partial charge in [-0.3, -0.25) is 9.69 Å². The Balaban J connectivity index is 3.85. The molecule has 0 radical (unpaired) electrons. The van der Waals surface area contributed by atoms with Crippen LogP contribution in [0.5, 0.6) is 0 Å². The summed E-state index contributed by atoms with van der Waals surface area (Å²) in [6, 6.07) is 2.00. The highest BCUT2D eigenvalue weighted by Crippen LogP contribution is 2.00. The molecule has 3 heteroatoms. The first-order chi connectivity index (χ1) is 5.63. The van der Waals surface area contributed by atoms with Crippen molar-refractivity contribution in [1.29, 1.82) is 5.26 Å². The third-order valence-corrected chi connectivity index (χ3v) is 2.05. The molecule has 0 aliphatic heterocycles. The Kier molecular flexibility index (Phi) is 5.31. The number of Topliss-reactive ketones (excluding diaryl/α,β-unsaturated/α-hetero) is 1. The highest BCUT2D eigenvalue weighted by Gasteiger charge is 2.14. The number of likely N-dealkylation sites (N-methyl/N-ethyl adjacent to an activating group) is 1. The van der Waals surface area contributed by atoms with Crippen LogP contribution in [0.4, 0.5) is 0 Å². The maximum absolute atomic E-state index is 11.2. The van der Waals surface area contributed by atoms with Crippen LogP contribution in [0.1, 0.15) is 26.7 Å².